The number of benzene rings is 1. The smallest absolute Gasteiger partial charge is 0.327 e. The zero-order valence-corrected chi connectivity index (χ0v) is 14.3. The molecular formula is C17H18ClN3O3. The Morgan fingerprint density at radius 3 is 2.92 bits per heavy atom. The summed E-state index contributed by atoms with van der Waals surface area (Å²) in [5.74, 6) is -0.158. The van der Waals surface area contributed by atoms with Crippen molar-refractivity contribution in [3.05, 3.63) is 46.1 Å². The Labute approximate surface area is 144 Å². The Hall–Kier alpha value is -2.34. The van der Waals surface area contributed by atoms with Gasteiger partial charge in [-0.15, -0.1) is 0 Å². The molecule has 2 heterocycles. The Morgan fingerprint density at radius 2 is 2.21 bits per heavy atom. The first-order valence-electron chi connectivity index (χ1n) is 7.78. The van der Waals surface area contributed by atoms with Gasteiger partial charge in [0.15, 0.2) is 0 Å². The van der Waals surface area contributed by atoms with E-state index in [0.717, 1.165) is 16.8 Å². The molecule has 24 heavy (non-hydrogen) atoms. The second-order valence-corrected chi connectivity index (χ2v) is 6.04. The van der Waals surface area contributed by atoms with Crippen LogP contribution in [-0.2, 0) is 20.9 Å². The van der Waals surface area contributed by atoms with Gasteiger partial charge in [-0.1, -0.05) is 29.8 Å². The number of ether oxygens (including phenoxy) is 1. The van der Waals surface area contributed by atoms with Gasteiger partial charge in [-0.25, -0.2) is 4.68 Å². The van der Waals surface area contributed by atoms with Crippen LogP contribution in [0.1, 0.15) is 36.1 Å². The average Bonchev–Trinajstić information content (AvgIpc) is 2.83. The highest BCUT2D eigenvalue weighted by atomic mass is 35.5. The van der Waals surface area contributed by atoms with Crippen LogP contribution in [0, 0.1) is 6.92 Å². The molecule has 7 heteroatoms. The maximum absolute atomic E-state index is 12.2. The lowest BCUT2D eigenvalue weighted by molar-refractivity contribution is -0.144. The minimum absolute atomic E-state index is 0.0421. The number of nitrogens with one attached hydrogen (secondary N) is 1. The minimum Gasteiger partial charge on any atom is -0.465 e. The van der Waals surface area contributed by atoms with E-state index < -0.39 is 5.97 Å². The van der Waals surface area contributed by atoms with E-state index in [4.69, 9.17) is 16.3 Å². The van der Waals surface area contributed by atoms with Crippen molar-refractivity contribution in [1.82, 2.24) is 9.78 Å². The number of hydrogen-bond acceptors (Lipinski definition) is 4. The molecule has 1 amide bonds. The third-order valence-corrected chi connectivity index (χ3v) is 4.38. The number of fused-ring (bicyclic) bond motifs is 1. The van der Waals surface area contributed by atoms with E-state index in [0.29, 0.717) is 23.9 Å². The molecule has 0 aliphatic carbocycles. The van der Waals surface area contributed by atoms with Gasteiger partial charge in [0.05, 0.1) is 12.3 Å². The van der Waals surface area contributed by atoms with Gasteiger partial charge in [0.25, 0.3) is 0 Å². The van der Waals surface area contributed by atoms with Crippen molar-refractivity contribution in [3.63, 3.8) is 0 Å². The highest BCUT2D eigenvalue weighted by Crippen LogP contribution is 2.41. The first-order valence-corrected chi connectivity index (χ1v) is 8.16. The van der Waals surface area contributed by atoms with Crippen molar-refractivity contribution in [1.29, 1.82) is 0 Å². The van der Waals surface area contributed by atoms with E-state index in [1.54, 1.807) is 13.0 Å². The highest BCUT2D eigenvalue weighted by Gasteiger charge is 2.33. The summed E-state index contributed by atoms with van der Waals surface area (Å²) in [6, 6.07) is 7.47. The number of nitrogens with zero attached hydrogens (tertiary/aromatic N) is 2. The van der Waals surface area contributed by atoms with E-state index in [1.807, 2.05) is 25.1 Å². The molecule has 1 atom stereocenters. The molecule has 1 aromatic heterocycles. The molecule has 126 valence electrons. The van der Waals surface area contributed by atoms with Crippen LogP contribution in [0.15, 0.2) is 24.3 Å². The molecule has 0 spiro atoms. The minimum atomic E-state index is -0.392. The number of amides is 1. The summed E-state index contributed by atoms with van der Waals surface area (Å²) in [6.45, 7) is 3.87. The predicted octanol–water partition coefficient (Wildman–Crippen LogP) is 2.88. The standard InChI is InChI=1S/C17H18ClN3O3/c1-3-24-15(23)9-21-17-16(10(2)20-21)12(8-14(22)19-17)11-6-4-5-7-13(11)18/h4-7,12H,3,8-9H2,1-2H3,(H,19,22). The molecule has 0 saturated carbocycles. The lowest BCUT2D eigenvalue weighted by atomic mass is 9.86. The number of aryl methyl sites for hydroxylation is 1. The Kier molecular flexibility index (Phi) is 4.57. The van der Waals surface area contributed by atoms with Gasteiger partial charge >= 0.3 is 5.97 Å². The van der Waals surface area contributed by atoms with Gasteiger partial charge in [-0.2, -0.15) is 5.10 Å². The van der Waals surface area contributed by atoms with Crippen LogP contribution < -0.4 is 5.32 Å². The fourth-order valence-electron chi connectivity index (χ4n) is 3.08. The van der Waals surface area contributed by atoms with Crippen LogP contribution in [0.5, 0.6) is 0 Å². The maximum atomic E-state index is 12.2. The Morgan fingerprint density at radius 1 is 1.46 bits per heavy atom. The molecular weight excluding hydrogens is 330 g/mol. The van der Waals surface area contributed by atoms with Gasteiger partial charge in [-0.3, -0.25) is 9.59 Å². The first kappa shape index (κ1) is 16.5. The zero-order valence-electron chi connectivity index (χ0n) is 13.5. The third-order valence-electron chi connectivity index (χ3n) is 4.03. The molecule has 1 aliphatic heterocycles. The van der Waals surface area contributed by atoms with Crippen molar-refractivity contribution >= 4 is 29.3 Å². The van der Waals surface area contributed by atoms with Gasteiger partial charge in [0, 0.05) is 22.9 Å². The topological polar surface area (TPSA) is 73.2 Å². The molecule has 2 aromatic rings. The van der Waals surface area contributed by atoms with Gasteiger partial charge in [-0.05, 0) is 25.5 Å². The molecule has 1 aromatic carbocycles. The number of anilines is 1. The van der Waals surface area contributed by atoms with Crippen molar-refractivity contribution in [3.8, 4) is 0 Å². The molecule has 0 saturated heterocycles. The highest BCUT2D eigenvalue weighted by molar-refractivity contribution is 6.31. The molecule has 3 rings (SSSR count). The lowest BCUT2D eigenvalue weighted by Gasteiger charge is -2.25. The van der Waals surface area contributed by atoms with E-state index >= 15 is 0 Å². The average molecular weight is 348 g/mol. The number of carbonyl (C=O) groups is 2. The van der Waals surface area contributed by atoms with Crippen molar-refractivity contribution in [2.24, 2.45) is 0 Å². The largest absolute Gasteiger partial charge is 0.465 e. The molecule has 6 nitrogen and oxygen atoms in total. The summed E-state index contributed by atoms with van der Waals surface area (Å²) in [5.41, 5.74) is 2.54. The molecule has 0 fully saturated rings. The molecule has 1 aliphatic rings. The van der Waals surface area contributed by atoms with Crippen LogP contribution in [0.2, 0.25) is 5.02 Å². The zero-order chi connectivity index (χ0) is 17.3. The number of hydrogen-bond donors (Lipinski definition) is 1. The number of carbonyl (C=O) groups excluding carboxylic acids is 2. The van der Waals surface area contributed by atoms with Crippen LogP contribution in [0.4, 0.5) is 5.82 Å². The normalized spacial score (nSPS) is 16.5. The van der Waals surface area contributed by atoms with Gasteiger partial charge in [0.1, 0.15) is 12.4 Å². The van der Waals surface area contributed by atoms with Crippen molar-refractivity contribution < 1.29 is 14.3 Å². The van der Waals surface area contributed by atoms with Crippen LogP contribution >= 0.6 is 11.6 Å². The van der Waals surface area contributed by atoms with Gasteiger partial charge in [0.2, 0.25) is 5.91 Å². The summed E-state index contributed by atoms with van der Waals surface area (Å²) in [7, 11) is 0. The summed E-state index contributed by atoms with van der Waals surface area (Å²) >= 11 is 6.32. The van der Waals surface area contributed by atoms with Crippen molar-refractivity contribution in [2.75, 3.05) is 11.9 Å². The summed E-state index contributed by atoms with van der Waals surface area (Å²) in [5, 5.41) is 7.85. The van der Waals surface area contributed by atoms with E-state index in [9.17, 15) is 9.59 Å². The second kappa shape index (κ2) is 6.65. The van der Waals surface area contributed by atoms with E-state index in [-0.39, 0.29) is 18.4 Å². The van der Waals surface area contributed by atoms with E-state index in [2.05, 4.69) is 10.4 Å². The summed E-state index contributed by atoms with van der Waals surface area (Å²) in [4.78, 5) is 24.0. The first-order chi connectivity index (χ1) is 11.5. The molecule has 0 radical (unpaired) electrons. The number of aromatic nitrogens is 2. The lowest BCUT2D eigenvalue weighted by Crippen LogP contribution is -2.26. The fourth-order valence-corrected chi connectivity index (χ4v) is 3.35. The summed E-state index contributed by atoms with van der Waals surface area (Å²) in [6.07, 6.45) is 0.294. The van der Waals surface area contributed by atoms with Crippen LogP contribution in [0.25, 0.3) is 0 Å². The third kappa shape index (κ3) is 3.01. The molecule has 1 N–H and O–H groups in total. The number of rotatable bonds is 4. The van der Waals surface area contributed by atoms with Crippen LogP contribution in [0.3, 0.4) is 0 Å². The second-order valence-electron chi connectivity index (χ2n) is 5.64. The maximum Gasteiger partial charge on any atom is 0.327 e. The quantitative estimate of drug-likeness (QED) is 0.863. The number of halogens is 1. The van der Waals surface area contributed by atoms with Gasteiger partial charge < -0.3 is 10.1 Å². The predicted molar refractivity (Wildman–Crippen MR) is 90.1 cm³/mol. The van der Waals surface area contributed by atoms with Crippen molar-refractivity contribution in [2.45, 2.75) is 32.7 Å². The Balaban J connectivity index is 2.04. The molecule has 1 unspecified atom stereocenters. The molecule has 0 bridgehead atoms. The fraction of sp³-hybridized carbons (Fsp3) is 0.353. The van der Waals surface area contributed by atoms with Crippen LogP contribution in [-0.4, -0.2) is 28.3 Å². The van der Waals surface area contributed by atoms with E-state index in [1.165, 1.54) is 4.68 Å². The SMILES string of the molecule is CCOC(=O)Cn1nc(C)c2c1NC(=O)CC2c1ccccc1Cl. The number of esters is 1. The Bertz CT molecular complexity index is 800. The monoisotopic (exact) mass is 347 g/mol. The summed E-state index contributed by atoms with van der Waals surface area (Å²) < 4.78 is 6.46.